The highest BCUT2D eigenvalue weighted by molar-refractivity contribution is 7.14. The van der Waals surface area contributed by atoms with Crippen molar-refractivity contribution in [1.82, 2.24) is 14.9 Å². The van der Waals surface area contributed by atoms with E-state index in [9.17, 15) is 4.79 Å². The molecule has 0 aliphatic heterocycles. The molecule has 0 saturated carbocycles. The van der Waals surface area contributed by atoms with Crippen molar-refractivity contribution in [3.8, 4) is 0 Å². The average Bonchev–Trinajstić information content (AvgIpc) is 3.06. The van der Waals surface area contributed by atoms with E-state index in [0.717, 1.165) is 30.2 Å². The smallest absolute Gasteiger partial charge is 0.261 e. The molecule has 20 heavy (non-hydrogen) atoms. The summed E-state index contributed by atoms with van der Waals surface area (Å²) in [6.45, 7) is 3.67. The van der Waals surface area contributed by atoms with E-state index in [-0.39, 0.29) is 5.91 Å². The highest BCUT2D eigenvalue weighted by atomic mass is 32.1. The molecule has 0 saturated heterocycles. The summed E-state index contributed by atoms with van der Waals surface area (Å²) in [5, 5.41) is 2.98. The molecule has 2 aromatic rings. The maximum Gasteiger partial charge on any atom is 0.261 e. The number of hydrogen-bond donors (Lipinski definition) is 1. The lowest BCUT2D eigenvalue weighted by Crippen LogP contribution is -2.26. The van der Waals surface area contributed by atoms with Gasteiger partial charge in [0.2, 0.25) is 0 Å². The van der Waals surface area contributed by atoms with Gasteiger partial charge in [-0.3, -0.25) is 4.79 Å². The molecule has 3 rings (SSSR count). The van der Waals surface area contributed by atoms with Crippen LogP contribution in [0, 0.1) is 5.92 Å². The fourth-order valence-electron chi connectivity index (χ4n) is 2.62. The van der Waals surface area contributed by atoms with Crippen molar-refractivity contribution in [2.45, 2.75) is 32.7 Å². The second-order valence-corrected chi connectivity index (χ2v) is 6.60. The molecule has 4 nitrogen and oxygen atoms in total. The van der Waals surface area contributed by atoms with Crippen molar-refractivity contribution in [2.75, 3.05) is 6.54 Å². The Kier molecular flexibility index (Phi) is 3.87. The molecule has 0 fully saturated rings. The molecular formula is C15H19N3OS. The second kappa shape index (κ2) is 5.79. The predicted octanol–water partition coefficient (Wildman–Crippen LogP) is 2.50. The topological polar surface area (TPSA) is 46.9 Å². The zero-order valence-electron chi connectivity index (χ0n) is 11.6. The van der Waals surface area contributed by atoms with E-state index >= 15 is 0 Å². The lowest BCUT2D eigenvalue weighted by Gasteiger charge is -2.16. The summed E-state index contributed by atoms with van der Waals surface area (Å²) in [6.07, 6.45) is 8.90. The maximum atomic E-state index is 12.1. The first-order valence-electron chi connectivity index (χ1n) is 7.08. The van der Waals surface area contributed by atoms with Gasteiger partial charge in [0.15, 0.2) is 0 Å². The molecule has 0 unspecified atom stereocenters. The Labute approximate surface area is 122 Å². The number of imidazole rings is 1. The molecule has 1 amide bonds. The zero-order valence-corrected chi connectivity index (χ0v) is 12.4. The summed E-state index contributed by atoms with van der Waals surface area (Å²) in [5.74, 6) is 0.798. The minimum atomic E-state index is 0.0529. The molecule has 2 aromatic heterocycles. The number of carbonyl (C=O) groups is 1. The van der Waals surface area contributed by atoms with Gasteiger partial charge in [0, 0.05) is 30.4 Å². The first-order chi connectivity index (χ1) is 9.72. The van der Waals surface area contributed by atoms with Crippen LogP contribution in [-0.2, 0) is 19.4 Å². The number of thiophene rings is 1. The summed E-state index contributed by atoms with van der Waals surface area (Å²) in [5.41, 5.74) is 1.38. The third kappa shape index (κ3) is 2.93. The summed E-state index contributed by atoms with van der Waals surface area (Å²) < 4.78 is 1.96. The zero-order chi connectivity index (χ0) is 13.9. The van der Waals surface area contributed by atoms with Crippen LogP contribution in [0.15, 0.2) is 24.8 Å². The Morgan fingerprint density at radius 2 is 2.50 bits per heavy atom. The van der Waals surface area contributed by atoms with Crippen LogP contribution < -0.4 is 5.32 Å². The van der Waals surface area contributed by atoms with Gasteiger partial charge >= 0.3 is 0 Å². The molecule has 1 aliphatic rings. The van der Waals surface area contributed by atoms with Gasteiger partial charge in [0.1, 0.15) is 0 Å². The largest absolute Gasteiger partial charge is 0.350 e. The number of nitrogens with zero attached hydrogens (tertiary/aromatic N) is 2. The molecule has 2 heterocycles. The Balaban J connectivity index is 1.57. The van der Waals surface area contributed by atoms with Crippen LogP contribution in [0.5, 0.6) is 0 Å². The Hall–Kier alpha value is -1.62. The number of nitrogens with one attached hydrogen (secondary N) is 1. The fraction of sp³-hybridized carbons (Fsp3) is 0.467. The fourth-order valence-corrected chi connectivity index (χ4v) is 3.75. The highest BCUT2D eigenvalue weighted by Gasteiger charge is 2.20. The Bertz CT molecular complexity index is 588. The van der Waals surface area contributed by atoms with Crippen molar-refractivity contribution in [1.29, 1.82) is 0 Å². The van der Waals surface area contributed by atoms with Crippen LogP contribution in [0.1, 0.15) is 33.5 Å². The van der Waals surface area contributed by atoms with Gasteiger partial charge in [-0.15, -0.1) is 11.3 Å². The average molecular weight is 289 g/mol. The first kappa shape index (κ1) is 13.4. The maximum absolute atomic E-state index is 12.1. The molecule has 0 radical (unpaired) electrons. The van der Waals surface area contributed by atoms with Crippen LogP contribution in [0.2, 0.25) is 0 Å². The number of aromatic nitrogens is 2. The summed E-state index contributed by atoms with van der Waals surface area (Å²) >= 11 is 1.66. The Morgan fingerprint density at radius 3 is 3.30 bits per heavy atom. The van der Waals surface area contributed by atoms with Crippen molar-refractivity contribution in [3.63, 3.8) is 0 Å². The van der Waals surface area contributed by atoms with Gasteiger partial charge in [0.05, 0.1) is 11.2 Å². The van der Waals surface area contributed by atoms with Gasteiger partial charge in [-0.2, -0.15) is 0 Å². The number of aryl methyl sites for hydroxylation is 1. The standard InChI is InChI=1S/C15H19N3OS/c1-11-2-3-13-12(8-11)9-14(20-13)15(19)17-5-7-18-6-4-16-10-18/h4,6,9-11H,2-3,5,7-8H2,1H3,(H,17,19)/t11-/m0/s1. The highest BCUT2D eigenvalue weighted by Crippen LogP contribution is 2.32. The van der Waals surface area contributed by atoms with Crippen molar-refractivity contribution in [3.05, 3.63) is 40.1 Å². The lowest BCUT2D eigenvalue weighted by atomic mass is 9.90. The minimum Gasteiger partial charge on any atom is -0.350 e. The van der Waals surface area contributed by atoms with Gasteiger partial charge in [-0.25, -0.2) is 4.98 Å². The monoisotopic (exact) mass is 289 g/mol. The lowest BCUT2D eigenvalue weighted by molar-refractivity contribution is 0.0956. The van der Waals surface area contributed by atoms with Crippen LogP contribution >= 0.6 is 11.3 Å². The number of fused-ring (bicyclic) bond motifs is 1. The molecular weight excluding hydrogens is 270 g/mol. The SMILES string of the molecule is C[C@H]1CCc2sc(C(=O)NCCn3ccnc3)cc2C1. The summed E-state index contributed by atoms with van der Waals surface area (Å²) in [7, 11) is 0. The normalized spacial score (nSPS) is 17.8. The van der Waals surface area contributed by atoms with Gasteiger partial charge in [0.25, 0.3) is 5.91 Å². The van der Waals surface area contributed by atoms with Crippen LogP contribution in [-0.4, -0.2) is 22.0 Å². The van der Waals surface area contributed by atoms with Crippen LogP contribution in [0.25, 0.3) is 0 Å². The predicted molar refractivity (Wildman–Crippen MR) is 80.1 cm³/mol. The van der Waals surface area contributed by atoms with Crippen molar-refractivity contribution < 1.29 is 4.79 Å². The molecule has 1 N–H and O–H groups in total. The van der Waals surface area contributed by atoms with Gasteiger partial charge in [-0.05, 0) is 36.8 Å². The van der Waals surface area contributed by atoms with E-state index in [2.05, 4.69) is 23.3 Å². The van der Waals surface area contributed by atoms with Gasteiger partial charge < -0.3 is 9.88 Å². The van der Waals surface area contributed by atoms with Crippen molar-refractivity contribution >= 4 is 17.2 Å². The van der Waals surface area contributed by atoms with Crippen LogP contribution in [0.4, 0.5) is 0 Å². The van der Waals surface area contributed by atoms with Crippen molar-refractivity contribution in [2.24, 2.45) is 5.92 Å². The van der Waals surface area contributed by atoms with E-state index in [4.69, 9.17) is 0 Å². The third-order valence-electron chi connectivity index (χ3n) is 3.77. The molecule has 0 spiro atoms. The summed E-state index contributed by atoms with van der Waals surface area (Å²) in [6, 6.07) is 2.09. The number of hydrogen-bond acceptors (Lipinski definition) is 3. The third-order valence-corrected chi connectivity index (χ3v) is 5.00. The molecule has 0 bridgehead atoms. The first-order valence-corrected chi connectivity index (χ1v) is 7.89. The van der Waals surface area contributed by atoms with E-state index in [0.29, 0.717) is 6.54 Å². The molecule has 0 aromatic carbocycles. The molecule has 106 valence electrons. The van der Waals surface area contributed by atoms with E-state index in [1.807, 2.05) is 10.8 Å². The molecule has 1 aliphatic carbocycles. The number of amides is 1. The van der Waals surface area contributed by atoms with E-state index in [1.165, 1.54) is 16.9 Å². The quantitative estimate of drug-likeness (QED) is 0.940. The Morgan fingerprint density at radius 1 is 1.60 bits per heavy atom. The molecule has 1 atom stereocenters. The number of carbonyl (C=O) groups excluding carboxylic acids is 1. The molecule has 5 heteroatoms. The second-order valence-electron chi connectivity index (χ2n) is 5.46. The van der Waals surface area contributed by atoms with E-state index < -0.39 is 0 Å². The summed E-state index contributed by atoms with van der Waals surface area (Å²) in [4.78, 5) is 18.4. The van der Waals surface area contributed by atoms with E-state index in [1.54, 1.807) is 23.9 Å². The van der Waals surface area contributed by atoms with Gasteiger partial charge in [-0.1, -0.05) is 6.92 Å². The minimum absolute atomic E-state index is 0.0529. The van der Waals surface area contributed by atoms with Crippen LogP contribution in [0.3, 0.4) is 0 Å². The number of rotatable bonds is 4.